The van der Waals surface area contributed by atoms with E-state index in [0.29, 0.717) is 26.1 Å². The van der Waals surface area contributed by atoms with E-state index < -0.39 is 12.2 Å². The lowest BCUT2D eigenvalue weighted by Crippen LogP contribution is -2.26. The summed E-state index contributed by atoms with van der Waals surface area (Å²) in [4.78, 5) is 0. The molecule has 21 heavy (non-hydrogen) atoms. The molecule has 120 valence electrons. The van der Waals surface area contributed by atoms with Gasteiger partial charge in [0, 0.05) is 0 Å². The Hall–Kier alpha value is -1.26. The van der Waals surface area contributed by atoms with Gasteiger partial charge in [-0.05, 0) is 50.3 Å². The highest BCUT2D eigenvalue weighted by Gasteiger charge is 2.19. The van der Waals surface area contributed by atoms with Crippen molar-refractivity contribution in [3.8, 4) is 11.5 Å². The van der Waals surface area contributed by atoms with Gasteiger partial charge in [0.15, 0.2) is 11.5 Å². The number of aliphatic hydroxyl groups is 2. The Balaban J connectivity index is 2.84. The molecule has 3 unspecified atom stereocenters. The summed E-state index contributed by atoms with van der Waals surface area (Å²) in [6.45, 7) is 8.95. The maximum absolute atomic E-state index is 9.95. The minimum absolute atomic E-state index is 0.135. The minimum Gasteiger partial charge on any atom is -0.490 e. The molecular formula is C17H28O4. The molecule has 2 N–H and O–H groups in total. The largest absolute Gasteiger partial charge is 0.490 e. The van der Waals surface area contributed by atoms with Gasteiger partial charge in [0.1, 0.15) is 0 Å². The zero-order chi connectivity index (χ0) is 15.8. The fourth-order valence-corrected chi connectivity index (χ4v) is 2.30. The molecule has 4 heteroatoms. The van der Waals surface area contributed by atoms with Crippen molar-refractivity contribution < 1.29 is 19.7 Å². The van der Waals surface area contributed by atoms with Gasteiger partial charge < -0.3 is 19.7 Å². The normalized spacial score (nSPS) is 15.3. The summed E-state index contributed by atoms with van der Waals surface area (Å²) in [7, 11) is 0. The van der Waals surface area contributed by atoms with Gasteiger partial charge in [0.2, 0.25) is 0 Å². The highest BCUT2D eigenvalue weighted by molar-refractivity contribution is 5.44. The second kappa shape index (κ2) is 8.90. The summed E-state index contributed by atoms with van der Waals surface area (Å²) < 4.78 is 11.2. The van der Waals surface area contributed by atoms with Gasteiger partial charge in [-0.2, -0.15) is 0 Å². The SMILES string of the molecule is CCOc1ccc(C(C)CC(O)C(O)CC)cc1OCC. The van der Waals surface area contributed by atoms with Crippen LogP contribution in [0.25, 0.3) is 0 Å². The number of aliphatic hydroxyl groups excluding tert-OH is 2. The van der Waals surface area contributed by atoms with E-state index >= 15 is 0 Å². The van der Waals surface area contributed by atoms with Gasteiger partial charge in [0.05, 0.1) is 25.4 Å². The molecule has 0 fully saturated rings. The van der Waals surface area contributed by atoms with Crippen molar-refractivity contribution >= 4 is 0 Å². The lowest BCUT2D eigenvalue weighted by atomic mass is 9.92. The molecule has 0 aliphatic heterocycles. The Labute approximate surface area is 127 Å². The molecule has 0 spiro atoms. The van der Waals surface area contributed by atoms with Crippen LogP contribution in [-0.2, 0) is 0 Å². The average Bonchev–Trinajstić information content (AvgIpc) is 2.48. The molecule has 0 aliphatic rings. The van der Waals surface area contributed by atoms with E-state index in [-0.39, 0.29) is 5.92 Å². The van der Waals surface area contributed by atoms with E-state index in [1.54, 1.807) is 0 Å². The molecule has 0 aliphatic carbocycles. The van der Waals surface area contributed by atoms with Gasteiger partial charge >= 0.3 is 0 Å². The van der Waals surface area contributed by atoms with E-state index in [2.05, 4.69) is 0 Å². The van der Waals surface area contributed by atoms with E-state index in [9.17, 15) is 10.2 Å². The maximum atomic E-state index is 9.95. The molecule has 0 saturated heterocycles. The summed E-state index contributed by atoms with van der Waals surface area (Å²) in [5.41, 5.74) is 1.07. The summed E-state index contributed by atoms with van der Waals surface area (Å²) in [6, 6.07) is 5.86. The lowest BCUT2D eigenvalue weighted by Gasteiger charge is -2.21. The maximum Gasteiger partial charge on any atom is 0.161 e. The Morgan fingerprint density at radius 2 is 1.57 bits per heavy atom. The third kappa shape index (κ3) is 5.21. The Morgan fingerprint density at radius 1 is 0.952 bits per heavy atom. The van der Waals surface area contributed by atoms with Gasteiger partial charge in [0.25, 0.3) is 0 Å². The Bertz CT molecular complexity index is 419. The van der Waals surface area contributed by atoms with E-state index in [4.69, 9.17) is 9.47 Å². The molecule has 0 radical (unpaired) electrons. The monoisotopic (exact) mass is 296 g/mol. The molecule has 4 nitrogen and oxygen atoms in total. The van der Waals surface area contributed by atoms with E-state index in [0.717, 1.165) is 17.1 Å². The first kappa shape index (κ1) is 17.8. The number of rotatable bonds is 9. The predicted octanol–water partition coefficient (Wildman–Crippen LogP) is 3.11. The van der Waals surface area contributed by atoms with Crippen LogP contribution in [0.2, 0.25) is 0 Å². The number of hydrogen-bond donors (Lipinski definition) is 2. The molecule has 1 aromatic rings. The van der Waals surface area contributed by atoms with Crippen LogP contribution in [0.5, 0.6) is 11.5 Å². The molecule has 0 amide bonds. The lowest BCUT2D eigenvalue weighted by molar-refractivity contribution is 0.00952. The molecule has 0 bridgehead atoms. The quantitative estimate of drug-likeness (QED) is 0.735. The van der Waals surface area contributed by atoms with Crippen LogP contribution >= 0.6 is 0 Å². The zero-order valence-corrected chi connectivity index (χ0v) is 13.5. The van der Waals surface area contributed by atoms with E-state index in [1.807, 2.05) is 45.9 Å². The van der Waals surface area contributed by atoms with Crippen molar-refractivity contribution in [1.29, 1.82) is 0 Å². The second-order valence-corrected chi connectivity index (χ2v) is 5.25. The predicted molar refractivity (Wildman–Crippen MR) is 84.1 cm³/mol. The van der Waals surface area contributed by atoms with Crippen molar-refractivity contribution in [1.82, 2.24) is 0 Å². The number of hydrogen-bond acceptors (Lipinski definition) is 4. The smallest absolute Gasteiger partial charge is 0.161 e. The van der Waals surface area contributed by atoms with Gasteiger partial charge in [-0.3, -0.25) is 0 Å². The number of ether oxygens (including phenoxy) is 2. The van der Waals surface area contributed by atoms with Crippen LogP contribution in [0.15, 0.2) is 18.2 Å². The van der Waals surface area contributed by atoms with Gasteiger partial charge in [-0.15, -0.1) is 0 Å². The highest BCUT2D eigenvalue weighted by Crippen LogP contribution is 2.33. The van der Waals surface area contributed by atoms with Crippen molar-refractivity contribution in [3.63, 3.8) is 0 Å². The molecule has 0 saturated carbocycles. The van der Waals surface area contributed by atoms with Crippen molar-refractivity contribution in [2.24, 2.45) is 0 Å². The highest BCUT2D eigenvalue weighted by atomic mass is 16.5. The van der Waals surface area contributed by atoms with Crippen LogP contribution in [0.1, 0.15) is 52.0 Å². The topological polar surface area (TPSA) is 58.9 Å². The summed E-state index contributed by atoms with van der Waals surface area (Å²) in [5.74, 6) is 1.61. The zero-order valence-electron chi connectivity index (χ0n) is 13.5. The molecule has 1 rings (SSSR count). The first-order chi connectivity index (χ1) is 10.0. The summed E-state index contributed by atoms with van der Waals surface area (Å²) in [5, 5.41) is 19.6. The van der Waals surface area contributed by atoms with Crippen LogP contribution < -0.4 is 9.47 Å². The first-order valence-electron chi connectivity index (χ1n) is 7.79. The molecule has 0 aromatic heterocycles. The third-order valence-electron chi connectivity index (χ3n) is 3.59. The van der Waals surface area contributed by atoms with Crippen molar-refractivity contribution in [2.45, 2.75) is 58.7 Å². The number of benzene rings is 1. The van der Waals surface area contributed by atoms with Crippen LogP contribution in [0, 0.1) is 0 Å². The minimum atomic E-state index is -0.702. The van der Waals surface area contributed by atoms with Gasteiger partial charge in [-0.1, -0.05) is 19.9 Å². The Morgan fingerprint density at radius 3 is 2.14 bits per heavy atom. The standard InChI is InChI=1S/C17H28O4/c1-5-14(18)15(19)10-12(4)13-8-9-16(20-6-2)17(11-13)21-7-3/h8-9,11-12,14-15,18-19H,5-7,10H2,1-4H3. The van der Waals surface area contributed by atoms with Crippen molar-refractivity contribution in [3.05, 3.63) is 23.8 Å². The van der Waals surface area contributed by atoms with Gasteiger partial charge in [-0.25, -0.2) is 0 Å². The molecular weight excluding hydrogens is 268 g/mol. The molecule has 0 heterocycles. The summed E-state index contributed by atoms with van der Waals surface area (Å²) in [6.07, 6.45) is -0.288. The summed E-state index contributed by atoms with van der Waals surface area (Å²) >= 11 is 0. The fraction of sp³-hybridized carbons (Fsp3) is 0.647. The van der Waals surface area contributed by atoms with Crippen LogP contribution in [0.3, 0.4) is 0 Å². The third-order valence-corrected chi connectivity index (χ3v) is 3.59. The van der Waals surface area contributed by atoms with Crippen molar-refractivity contribution in [2.75, 3.05) is 13.2 Å². The Kier molecular flexibility index (Phi) is 7.54. The van der Waals surface area contributed by atoms with E-state index in [1.165, 1.54) is 0 Å². The molecule has 1 aromatic carbocycles. The fourth-order valence-electron chi connectivity index (χ4n) is 2.30. The average molecular weight is 296 g/mol. The molecule has 3 atom stereocenters. The second-order valence-electron chi connectivity index (χ2n) is 5.25. The first-order valence-corrected chi connectivity index (χ1v) is 7.79. The van der Waals surface area contributed by atoms with Crippen LogP contribution in [0.4, 0.5) is 0 Å². The van der Waals surface area contributed by atoms with Crippen LogP contribution in [-0.4, -0.2) is 35.6 Å².